The van der Waals surface area contributed by atoms with E-state index in [0.717, 1.165) is 28.7 Å². The first-order valence-electron chi connectivity index (χ1n) is 9.52. The summed E-state index contributed by atoms with van der Waals surface area (Å²) in [6, 6.07) is 20.3. The fraction of sp³-hybridized carbons (Fsp3) is 0.227. The fourth-order valence-corrected chi connectivity index (χ4v) is 4.71. The highest BCUT2D eigenvalue weighted by molar-refractivity contribution is 9.10. The number of nitrogens with one attached hydrogen (secondary N) is 2. The average Bonchev–Trinajstić information content (AvgIpc) is 3.22. The van der Waals surface area contributed by atoms with Crippen LogP contribution in [0.1, 0.15) is 18.5 Å². The molecule has 3 aromatic rings. The van der Waals surface area contributed by atoms with Crippen LogP contribution in [-0.2, 0) is 5.54 Å². The molecule has 2 aliphatic heterocycles. The molecule has 0 saturated carbocycles. The van der Waals surface area contributed by atoms with Gasteiger partial charge in [-0.3, -0.25) is 0 Å². The standard InChI is InChI=1S/C22H21BrN4O/c23-16-6-1-2-7-17(16)24-21(28)26-14-11-22(12-15-26)20-10-5-13-27(20)19-9-4-3-8-18(19)25-22/h1-10,13,25H,11-12,14-15H2,(H,24,28). The smallest absolute Gasteiger partial charge is 0.321 e. The third kappa shape index (κ3) is 2.79. The number of halogens is 1. The van der Waals surface area contributed by atoms with Crippen molar-refractivity contribution >= 4 is 33.3 Å². The zero-order valence-electron chi connectivity index (χ0n) is 15.4. The third-order valence-electron chi connectivity index (χ3n) is 5.80. The molecule has 2 N–H and O–H groups in total. The molecular formula is C22H21BrN4O. The van der Waals surface area contributed by atoms with Crippen LogP contribution in [0.2, 0.25) is 0 Å². The van der Waals surface area contributed by atoms with Gasteiger partial charge < -0.3 is 20.1 Å². The number of nitrogens with zero attached hydrogens (tertiary/aromatic N) is 2. The Labute approximate surface area is 172 Å². The van der Waals surface area contributed by atoms with Gasteiger partial charge in [0.2, 0.25) is 0 Å². The van der Waals surface area contributed by atoms with Gasteiger partial charge in [-0.15, -0.1) is 0 Å². The number of benzene rings is 2. The first-order chi connectivity index (χ1) is 13.7. The molecule has 0 unspecified atom stereocenters. The predicted octanol–water partition coefficient (Wildman–Crippen LogP) is 5.19. The maximum Gasteiger partial charge on any atom is 0.321 e. The molecule has 1 aromatic heterocycles. The van der Waals surface area contributed by atoms with Crippen molar-refractivity contribution in [2.24, 2.45) is 0 Å². The summed E-state index contributed by atoms with van der Waals surface area (Å²) in [5, 5.41) is 6.80. The SMILES string of the molecule is O=C(Nc1ccccc1Br)N1CCC2(CC1)Nc1ccccc1-n1cccc12. The lowest BCUT2D eigenvalue weighted by atomic mass is 9.82. The van der Waals surface area contributed by atoms with E-state index in [0.29, 0.717) is 13.1 Å². The van der Waals surface area contributed by atoms with Gasteiger partial charge in [-0.1, -0.05) is 24.3 Å². The van der Waals surface area contributed by atoms with Gasteiger partial charge >= 0.3 is 6.03 Å². The number of likely N-dealkylation sites (tertiary alicyclic amines) is 1. The number of hydrogen-bond acceptors (Lipinski definition) is 2. The molecule has 2 amide bonds. The summed E-state index contributed by atoms with van der Waals surface area (Å²) in [5.41, 5.74) is 4.27. The number of urea groups is 1. The number of amides is 2. The molecule has 2 aliphatic rings. The van der Waals surface area contributed by atoms with Gasteiger partial charge in [-0.2, -0.15) is 0 Å². The number of rotatable bonds is 1. The summed E-state index contributed by atoms with van der Waals surface area (Å²) in [5.74, 6) is 0. The van der Waals surface area contributed by atoms with Crippen LogP contribution in [0.3, 0.4) is 0 Å². The highest BCUT2D eigenvalue weighted by atomic mass is 79.9. The van der Waals surface area contributed by atoms with E-state index in [1.165, 1.54) is 11.4 Å². The Morgan fingerprint density at radius 1 is 1.00 bits per heavy atom. The number of fused-ring (bicyclic) bond motifs is 4. The molecule has 6 heteroatoms. The first kappa shape index (κ1) is 17.4. The molecule has 28 heavy (non-hydrogen) atoms. The topological polar surface area (TPSA) is 49.3 Å². The monoisotopic (exact) mass is 436 g/mol. The summed E-state index contributed by atoms with van der Waals surface area (Å²) in [6.07, 6.45) is 3.87. The van der Waals surface area contributed by atoms with Crippen LogP contribution in [0.5, 0.6) is 0 Å². The van der Waals surface area contributed by atoms with E-state index in [4.69, 9.17) is 0 Å². The highest BCUT2D eigenvalue weighted by Gasteiger charge is 2.42. The van der Waals surface area contributed by atoms with Crippen LogP contribution in [0.15, 0.2) is 71.3 Å². The van der Waals surface area contributed by atoms with Crippen LogP contribution in [-0.4, -0.2) is 28.6 Å². The molecule has 1 spiro atoms. The molecule has 0 atom stereocenters. The molecule has 0 aliphatic carbocycles. The number of aromatic nitrogens is 1. The van der Waals surface area contributed by atoms with Gasteiger partial charge in [-0.25, -0.2) is 4.79 Å². The lowest BCUT2D eigenvalue weighted by Gasteiger charge is -2.46. The molecule has 1 fully saturated rings. The van der Waals surface area contributed by atoms with E-state index < -0.39 is 0 Å². The Balaban J connectivity index is 1.35. The zero-order valence-corrected chi connectivity index (χ0v) is 16.9. The van der Waals surface area contributed by atoms with E-state index in [9.17, 15) is 4.79 Å². The minimum Gasteiger partial charge on any atom is -0.372 e. The molecule has 5 nitrogen and oxygen atoms in total. The van der Waals surface area contributed by atoms with Gasteiger partial charge in [0.1, 0.15) is 0 Å². The quantitative estimate of drug-likeness (QED) is 0.551. The Morgan fingerprint density at radius 2 is 1.75 bits per heavy atom. The summed E-state index contributed by atoms with van der Waals surface area (Å²) >= 11 is 3.49. The zero-order chi connectivity index (χ0) is 19.1. The van der Waals surface area contributed by atoms with Crippen molar-refractivity contribution in [3.8, 4) is 5.69 Å². The van der Waals surface area contributed by atoms with Crippen molar-refractivity contribution in [3.63, 3.8) is 0 Å². The lowest BCUT2D eigenvalue weighted by Crippen LogP contribution is -2.51. The highest BCUT2D eigenvalue weighted by Crippen LogP contribution is 2.43. The molecule has 2 aromatic carbocycles. The maximum atomic E-state index is 12.8. The second-order valence-electron chi connectivity index (χ2n) is 7.38. The molecule has 142 valence electrons. The second-order valence-corrected chi connectivity index (χ2v) is 8.24. The van der Waals surface area contributed by atoms with Crippen molar-refractivity contribution < 1.29 is 4.79 Å². The van der Waals surface area contributed by atoms with Gasteiger partial charge in [0.15, 0.2) is 0 Å². The first-order valence-corrected chi connectivity index (χ1v) is 10.3. The summed E-state index contributed by atoms with van der Waals surface area (Å²) in [7, 11) is 0. The van der Waals surface area contributed by atoms with Crippen LogP contribution in [0.25, 0.3) is 5.69 Å². The van der Waals surface area contributed by atoms with Crippen molar-refractivity contribution in [1.82, 2.24) is 9.47 Å². The van der Waals surface area contributed by atoms with Crippen molar-refractivity contribution in [1.29, 1.82) is 0 Å². The second kappa shape index (κ2) is 6.71. The minimum atomic E-state index is -0.137. The maximum absolute atomic E-state index is 12.8. The Bertz CT molecular complexity index is 1040. The Hall–Kier alpha value is -2.73. The fourth-order valence-electron chi connectivity index (χ4n) is 4.32. The van der Waals surface area contributed by atoms with E-state index in [1.807, 2.05) is 29.2 Å². The summed E-state index contributed by atoms with van der Waals surface area (Å²) in [4.78, 5) is 14.7. The number of hydrogen-bond donors (Lipinski definition) is 2. The van der Waals surface area contributed by atoms with Crippen LogP contribution in [0.4, 0.5) is 16.2 Å². The third-order valence-corrected chi connectivity index (χ3v) is 6.49. The van der Waals surface area contributed by atoms with Crippen molar-refractivity contribution in [2.45, 2.75) is 18.4 Å². The number of anilines is 2. The van der Waals surface area contributed by atoms with Crippen molar-refractivity contribution in [2.75, 3.05) is 23.7 Å². The van der Waals surface area contributed by atoms with Gasteiger partial charge in [-0.05, 0) is 65.2 Å². The summed E-state index contributed by atoms with van der Waals surface area (Å²) < 4.78 is 3.17. The lowest BCUT2D eigenvalue weighted by molar-refractivity contribution is 0.174. The number of piperidine rings is 1. The van der Waals surface area contributed by atoms with Crippen LogP contribution >= 0.6 is 15.9 Å². The Morgan fingerprint density at radius 3 is 2.57 bits per heavy atom. The Kier molecular flexibility index (Phi) is 4.16. The number of carbonyl (C=O) groups is 1. The molecule has 0 radical (unpaired) electrons. The van der Waals surface area contributed by atoms with E-state index in [-0.39, 0.29) is 11.6 Å². The van der Waals surface area contributed by atoms with Gasteiger partial charge in [0.05, 0.1) is 22.6 Å². The van der Waals surface area contributed by atoms with Crippen LogP contribution in [0, 0.1) is 0 Å². The van der Waals surface area contributed by atoms with Gasteiger partial charge in [0.25, 0.3) is 0 Å². The molecule has 0 bridgehead atoms. The number of carbonyl (C=O) groups excluding carboxylic acids is 1. The normalized spacial score (nSPS) is 16.8. The van der Waals surface area contributed by atoms with E-state index >= 15 is 0 Å². The largest absolute Gasteiger partial charge is 0.372 e. The minimum absolute atomic E-state index is 0.0478. The van der Waals surface area contributed by atoms with E-state index in [2.05, 4.69) is 73.7 Å². The molecule has 1 saturated heterocycles. The molecular weight excluding hydrogens is 416 g/mol. The average molecular weight is 437 g/mol. The van der Waals surface area contributed by atoms with E-state index in [1.54, 1.807) is 0 Å². The molecule has 5 rings (SSSR count). The molecule has 3 heterocycles. The van der Waals surface area contributed by atoms with Gasteiger partial charge in [0, 0.05) is 29.5 Å². The summed E-state index contributed by atoms with van der Waals surface area (Å²) in [6.45, 7) is 1.41. The van der Waals surface area contributed by atoms with Crippen molar-refractivity contribution in [3.05, 3.63) is 77.0 Å². The number of para-hydroxylation sites is 3. The predicted molar refractivity (Wildman–Crippen MR) is 115 cm³/mol. The van der Waals surface area contributed by atoms with Crippen LogP contribution < -0.4 is 10.6 Å².